The molecule has 46 heavy (non-hydrogen) atoms. The number of rotatable bonds is 38. The predicted octanol–water partition coefficient (Wildman–Crippen LogP) is 9.38. The monoisotopic (exact) mass is 653 g/mol. The molecule has 0 aliphatic rings. The van der Waals surface area contributed by atoms with Crippen molar-refractivity contribution in [3.05, 3.63) is 29.8 Å². The van der Waals surface area contributed by atoms with Gasteiger partial charge in [0.15, 0.2) is 0 Å². The lowest BCUT2D eigenvalue weighted by atomic mass is 10.0. The minimum Gasteiger partial charge on any atom is -0.491 e. The third-order valence-corrected chi connectivity index (χ3v) is 7.99. The molecule has 7 nitrogen and oxygen atoms in total. The fraction of sp³-hybridized carbons (Fsp3) is 0.846. The van der Waals surface area contributed by atoms with Crippen LogP contribution in [0.15, 0.2) is 24.3 Å². The highest BCUT2D eigenvalue weighted by Gasteiger charge is 1.99. The summed E-state index contributed by atoms with van der Waals surface area (Å²) in [5.41, 5.74) is 1.39. The van der Waals surface area contributed by atoms with Crippen LogP contribution in [0.4, 0.5) is 0 Å². The molecule has 0 atom stereocenters. The molecule has 0 aliphatic carbocycles. The Morgan fingerprint density at radius 2 is 0.652 bits per heavy atom. The third kappa shape index (κ3) is 31.4. The van der Waals surface area contributed by atoms with Gasteiger partial charge in [0.05, 0.1) is 72.7 Å². The zero-order valence-corrected chi connectivity index (χ0v) is 30.1. The van der Waals surface area contributed by atoms with E-state index in [9.17, 15) is 0 Å². The molecule has 270 valence electrons. The molecule has 0 amide bonds. The van der Waals surface area contributed by atoms with Gasteiger partial charge in [0, 0.05) is 6.61 Å². The van der Waals surface area contributed by atoms with Crippen molar-refractivity contribution in [2.24, 2.45) is 0 Å². The second-order valence-corrected chi connectivity index (χ2v) is 12.2. The standard InChI is InChI=1S/C39H72O7/c1-3-5-7-9-11-12-13-15-17-19-25-40-26-27-41-28-29-42-30-31-43-32-33-44-34-35-45-36-37-46-39-23-21-38(22-24-39)20-18-16-14-10-8-6-4-2/h21-24H,3-20,25-37H2,1-2H3. The van der Waals surface area contributed by atoms with Crippen molar-refractivity contribution in [2.75, 3.05) is 85.9 Å². The quantitative estimate of drug-likeness (QED) is 0.0660. The van der Waals surface area contributed by atoms with Gasteiger partial charge in [-0.3, -0.25) is 0 Å². The molecule has 0 bridgehead atoms. The molecule has 0 saturated carbocycles. The number of unbranched alkanes of at least 4 members (excludes halogenated alkanes) is 15. The zero-order valence-electron chi connectivity index (χ0n) is 30.1. The van der Waals surface area contributed by atoms with Crippen molar-refractivity contribution >= 4 is 0 Å². The van der Waals surface area contributed by atoms with E-state index in [0.29, 0.717) is 79.3 Å². The first kappa shape index (κ1) is 42.8. The molecule has 0 N–H and O–H groups in total. The lowest BCUT2D eigenvalue weighted by molar-refractivity contribution is -0.0179. The van der Waals surface area contributed by atoms with Crippen molar-refractivity contribution in [2.45, 2.75) is 129 Å². The van der Waals surface area contributed by atoms with Gasteiger partial charge in [0.1, 0.15) is 12.4 Å². The lowest BCUT2D eigenvalue weighted by Gasteiger charge is -2.09. The molecule has 0 radical (unpaired) electrons. The predicted molar refractivity (Wildman–Crippen MR) is 190 cm³/mol. The maximum absolute atomic E-state index is 5.79. The van der Waals surface area contributed by atoms with Crippen LogP contribution in [0.2, 0.25) is 0 Å². The van der Waals surface area contributed by atoms with E-state index in [1.807, 2.05) is 0 Å². The van der Waals surface area contributed by atoms with Gasteiger partial charge >= 0.3 is 0 Å². The van der Waals surface area contributed by atoms with Crippen molar-refractivity contribution in [3.8, 4) is 5.75 Å². The minimum absolute atomic E-state index is 0.540. The van der Waals surface area contributed by atoms with Gasteiger partial charge in [-0.1, -0.05) is 122 Å². The lowest BCUT2D eigenvalue weighted by Crippen LogP contribution is -2.14. The molecule has 0 aromatic heterocycles. The van der Waals surface area contributed by atoms with E-state index < -0.39 is 0 Å². The first-order valence-electron chi connectivity index (χ1n) is 19.0. The van der Waals surface area contributed by atoms with E-state index >= 15 is 0 Å². The first-order valence-corrected chi connectivity index (χ1v) is 19.0. The molecule has 0 unspecified atom stereocenters. The van der Waals surface area contributed by atoms with Crippen LogP contribution in [0.25, 0.3) is 0 Å². The van der Waals surface area contributed by atoms with Gasteiger partial charge < -0.3 is 33.2 Å². The van der Waals surface area contributed by atoms with Gasteiger partial charge in [-0.15, -0.1) is 0 Å². The van der Waals surface area contributed by atoms with E-state index in [2.05, 4.69) is 38.1 Å². The Morgan fingerprint density at radius 1 is 0.326 bits per heavy atom. The van der Waals surface area contributed by atoms with Crippen LogP contribution in [-0.4, -0.2) is 85.9 Å². The Labute approximate surface area is 283 Å². The van der Waals surface area contributed by atoms with E-state index in [-0.39, 0.29) is 0 Å². The summed E-state index contributed by atoms with van der Waals surface area (Å²) in [7, 11) is 0. The summed E-state index contributed by atoms with van der Waals surface area (Å²) in [6.07, 6.45) is 24.1. The molecule has 1 aromatic carbocycles. The number of ether oxygens (including phenoxy) is 7. The Morgan fingerprint density at radius 3 is 1.07 bits per heavy atom. The van der Waals surface area contributed by atoms with E-state index in [1.165, 1.54) is 108 Å². The fourth-order valence-corrected chi connectivity index (χ4v) is 5.15. The summed E-state index contributed by atoms with van der Waals surface area (Å²) < 4.78 is 39.3. The fourth-order valence-electron chi connectivity index (χ4n) is 5.15. The van der Waals surface area contributed by atoms with E-state index in [1.54, 1.807) is 0 Å². The SMILES string of the molecule is CCCCCCCCCCCCOCCOCCOCCOCCOCCOCCOc1ccc(CCCCCCCCC)cc1. The Kier molecular flexibility index (Phi) is 34.1. The Balaban J connectivity index is 1.71. The smallest absolute Gasteiger partial charge is 0.119 e. The Hall–Kier alpha value is -1.22. The number of hydrogen-bond acceptors (Lipinski definition) is 7. The first-order chi connectivity index (χ1) is 22.9. The van der Waals surface area contributed by atoms with Gasteiger partial charge in [0.2, 0.25) is 0 Å². The maximum Gasteiger partial charge on any atom is 0.119 e. The molecule has 0 fully saturated rings. The molecule has 0 saturated heterocycles. The van der Waals surface area contributed by atoms with Gasteiger partial charge in [-0.25, -0.2) is 0 Å². The maximum atomic E-state index is 5.79. The average Bonchev–Trinajstić information content (AvgIpc) is 3.07. The molecule has 0 spiro atoms. The molecule has 7 heteroatoms. The van der Waals surface area contributed by atoms with Gasteiger partial charge in [0.25, 0.3) is 0 Å². The van der Waals surface area contributed by atoms with Crippen molar-refractivity contribution in [3.63, 3.8) is 0 Å². The summed E-state index contributed by atoms with van der Waals surface area (Å²) >= 11 is 0. The molecule has 1 aromatic rings. The second-order valence-electron chi connectivity index (χ2n) is 12.2. The normalized spacial score (nSPS) is 11.4. The van der Waals surface area contributed by atoms with Gasteiger partial charge in [-0.2, -0.15) is 0 Å². The number of aryl methyl sites for hydroxylation is 1. The van der Waals surface area contributed by atoms with Crippen molar-refractivity contribution < 1.29 is 33.2 Å². The highest BCUT2D eigenvalue weighted by Crippen LogP contribution is 2.15. The third-order valence-electron chi connectivity index (χ3n) is 7.99. The molecular formula is C39H72O7. The van der Waals surface area contributed by atoms with Crippen LogP contribution in [-0.2, 0) is 34.8 Å². The topological polar surface area (TPSA) is 64.6 Å². The van der Waals surface area contributed by atoms with Crippen LogP contribution < -0.4 is 4.74 Å². The molecular weight excluding hydrogens is 580 g/mol. The highest BCUT2D eigenvalue weighted by atomic mass is 16.6. The van der Waals surface area contributed by atoms with Crippen LogP contribution in [0.3, 0.4) is 0 Å². The highest BCUT2D eigenvalue weighted by molar-refractivity contribution is 5.27. The Bertz CT molecular complexity index is 700. The van der Waals surface area contributed by atoms with Crippen molar-refractivity contribution in [1.29, 1.82) is 0 Å². The van der Waals surface area contributed by atoms with E-state index in [4.69, 9.17) is 33.2 Å². The summed E-state index contributed by atoms with van der Waals surface area (Å²) in [5.74, 6) is 0.899. The second kappa shape index (κ2) is 36.6. The minimum atomic E-state index is 0.540. The largest absolute Gasteiger partial charge is 0.491 e. The summed E-state index contributed by atoms with van der Waals surface area (Å²) in [6.45, 7) is 12.2. The van der Waals surface area contributed by atoms with Crippen LogP contribution in [0.1, 0.15) is 129 Å². The zero-order chi connectivity index (χ0) is 32.9. The van der Waals surface area contributed by atoms with Crippen LogP contribution >= 0.6 is 0 Å². The number of benzene rings is 1. The molecule has 1 rings (SSSR count). The van der Waals surface area contributed by atoms with Crippen LogP contribution in [0, 0.1) is 0 Å². The van der Waals surface area contributed by atoms with E-state index in [0.717, 1.165) is 25.2 Å². The molecule has 0 heterocycles. The molecule has 0 aliphatic heterocycles. The van der Waals surface area contributed by atoms with Gasteiger partial charge in [-0.05, 0) is 37.0 Å². The summed E-state index contributed by atoms with van der Waals surface area (Å²) in [6, 6.07) is 8.49. The summed E-state index contributed by atoms with van der Waals surface area (Å²) in [5, 5.41) is 0. The average molecular weight is 653 g/mol. The number of hydrogen-bond donors (Lipinski definition) is 0. The summed E-state index contributed by atoms with van der Waals surface area (Å²) in [4.78, 5) is 0. The van der Waals surface area contributed by atoms with Crippen LogP contribution in [0.5, 0.6) is 5.75 Å². The van der Waals surface area contributed by atoms with Crippen molar-refractivity contribution in [1.82, 2.24) is 0 Å².